The molecule has 0 N–H and O–H groups in total. The van der Waals surface area contributed by atoms with Crippen LogP contribution in [0.1, 0.15) is 105 Å². The van der Waals surface area contributed by atoms with Gasteiger partial charge in [-0.2, -0.15) is 0 Å². The molecule has 0 atom stereocenters. The van der Waals surface area contributed by atoms with Gasteiger partial charge in [0.15, 0.2) is 0 Å². The molecule has 2 aromatic rings. The molecule has 0 amide bonds. The first-order valence-electron chi connectivity index (χ1n) is 10.6. The van der Waals surface area contributed by atoms with Crippen molar-refractivity contribution in [1.82, 2.24) is 9.97 Å². The molecular formula is C26H40N2. The number of hydrogen-bond acceptors (Lipinski definition) is 2. The highest BCUT2D eigenvalue weighted by Crippen LogP contribution is 2.36. The molecule has 0 aromatic carbocycles. The van der Waals surface area contributed by atoms with E-state index >= 15 is 0 Å². The summed E-state index contributed by atoms with van der Waals surface area (Å²) in [6.45, 7) is 22.6. The number of hydrogen-bond donors (Lipinski definition) is 0. The second-order valence-electron chi connectivity index (χ2n) is 11.6. The Bertz CT molecular complexity index is 698. The summed E-state index contributed by atoms with van der Waals surface area (Å²) in [5.41, 5.74) is 5.30. The maximum Gasteiger partial charge on any atom is 0.0460 e. The van der Waals surface area contributed by atoms with Gasteiger partial charge >= 0.3 is 0 Å². The average Bonchev–Trinajstić information content (AvgIpc) is 2.59. The highest BCUT2D eigenvalue weighted by Gasteiger charge is 2.29. The van der Waals surface area contributed by atoms with Crippen LogP contribution < -0.4 is 0 Å². The van der Waals surface area contributed by atoms with Crippen LogP contribution in [-0.4, -0.2) is 9.97 Å². The lowest BCUT2D eigenvalue weighted by molar-refractivity contribution is 0.368. The van der Waals surface area contributed by atoms with Gasteiger partial charge in [0.05, 0.1) is 0 Å². The Hall–Kier alpha value is -1.70. The van der Waals surface area contributed by atoms with Crippen LogP contribution in [0, 0.1) is 0 Å². The van der Waals surface area contributed by atoms with E-state index in [0.717, 1.165) is 18.5 Å². The first kappa shape index (κ1) is 22.6. The van der Waals surface area contributed by atoms with Crippen LogP contribution in [0.3, 0.4) is 0 Å². The van der Waals surface area contributed by atoms with E-state index in [9.17, 15) is 0 Å². The van der Waals surface area contributed by atoms with E-state index in [4.69, 9.17) is 9.97 Å². The summed E-state index contributed by atoms with van der Waals surface area (Å²) in [6.07, 6.45) is 6.31. The largest absolute Gasteiger partial charge is 0.260 e. The zero-order valence-electron chi connectivity index (χ0n) is 19.8. The Morgan fingerprint density at radius 3 is 1.43 bits per heavy atom. The maximum atomic E-state index is 4.82. The van der Waals surface area contributed by atoms with E-state index in [1.54, 1.807) is 0 Å². The Balaban J connectivity index is 2.12. The van der Waals surface area contributed by atoms with Gasteiger partial charge in [-0.1, -0.05) is 81.4 Å². The van der Waals surface area contributed by atoms with Gasteiger partial charge in [-0.05, 0) is 46.9 Å². The summed E-state index contributed by atoms with van der Waals surface area (Å²) in [4.78, 5) is 9.56. The van der Waals surface area contributed by atoms with Crippen molar-refractivity contribution >= 4 is 0 Å². The smallest absolute Gasteiger partial charge is 0.0460 e. The van der Waals surface area contributed by atoms with Gasteiger partial charge in [-0.3, -0.25) is 9.97 Å². The highest BCUT2D eigenvalue weighted by atomic mass is 14.7. The molecule has 0 saturated heterocycles. The topological polar surface area (TPSA) is 25.8 Å². The number of pyridine rings is 2. The third kappa shape index (κ3) is 5.43. The first-order chi connectivity index (χ1) is 12.6. The Kier molecular flexibility index (Phi) is 6.14. The molecule has 2 rings (SSSR count). The lowest BCUT2D eigenvalue weighted by Gasteiger charge is -2.32. The zero-order valence-corrected chi connectivity index (χ0v) is 19.8. The summed E-state index contributed by atoms with van der Waals surface area (Å²) in [5.74, 6) is 0. The van der Waals surface area contributed by atoms with Crippen molar-refractivity contribution < 1.29 is 0 Å². The lowest BCUT2D eigenvalue weighted by Crippen LogP contribution is -2.26. The minimum absolute atomic E-state index is 0.0481. The van der Waals surface area contributed by atoms with Gasteiger partial charge in [-0.15, -0.1) is 0 Å². The third-order valence-electron chi connectivity index (χ3n) is 6.01. The predicted octanol–water partition coefficient (Wildman–Crippen LogP) is 7.11. The molecule has 0 radical (unpaired) electrons. The summed E-state index contributed by atoms with van der Waals surface area (Å²) in [6, 6.07) is 8.91. The van der Waals surface area contributed by atoms with Crippen LogP contribution in [0.25, 0.3) is 0 Å². The standard InChI is InChI=1S/C26H40N2/c1-23(2,3)19-11-14-22(28-17-19)26(9,10)16-15-25(7,8)20-12-13-21(27-18-20)24(4,5)6/h11-14,17-18H,15-16H2,1-10H3. The van der Waals surface area contributed by atoms with Crippen molar-refractivity contribution in [2.24, 2.45) is 0 Å². The molecule has 2 heterocycles. The molecule has 2 aromatic heterocycles. The second kappa shape index (κ2) is 7.61. The lowest BCUT2D eigenvalue weighted by atomic mass is 9.74. The van der Waals surface area contributed by atoms with E-state index in [0.29, 0.717) is 0 Å². The third-order valence-corrected chi connectivity index (χ3v) is 6.01. The zero-order chi connectivity index (χ0) is 21.4. The highest BCUT2D eigenvalue weighted by molar-refractivity contribution is 5.27. The monoisotopic (exact) mass is 380 g/mol. The fraction of sp³-hybridized carbons (Fsp3) is 0.615. The van der Waals surface area contributed by atoms with E-state index in [2.05, 4.69) is 106 Å². The second-order valence-corrected chi connectivity index (χ2v) is 11.6. The molecule has 0 aliphatic carbocycles. The Labute approximate surface area is 173 Å². The van der Waals surface area contributed by atoms with E-state index in [1.165, 1.54) is 16.8 Å². The summed E-state index contributed by atoms with van der Waals surface area (Å²) < 4.78 is 0. The van der Waals surface area contributed by atoms with E-state index < -0.39 is 0 Å². The summed E-state index contributed by atoms with van der Waals surface area (Å²) >= 11 is 0. The Morgan fingerprint density at radius 1 is 0.536 bits per heavy atom. The van der Waals surface area contributed by atoms with Gasteiger partial charge in [0.2, 0.25) is 0 Å². The van der Waals surface area contributed by atoms with Crippen molar-refractivity contribution in [2.45, 2.75) is 104 Å². The van der Waals surface area contributed by atoms with Gasteiger partial charge in [0, 0.05) is 34.6 Å². The fourth-order valence-electron chi connectivity index (χ4n) is 3.37. The predicted molar refractivity (Wildman–Crippen MR) is 121 cm³/mol. The van der Waals surface area contributed by atoms with Crippen LogP contribution in [0.15, 0.2) is 36.7 Å². The number of nitrogens with zero attached hydrogens (tertiary/aromatic N) is 2. The van der Waals surface area contributed by atoms with Crippen LogP contribution in [0.2, 0.25) is 0 Å². The molecule has 154 valence electrons. The minimum atomic E-state index is 0.0481. The van der Waals surface area contributed by atoms with Gasteiger partial charge in [0.25, 0.3) is 0 Å². The average molecular weight is 381 g/mol. The minimum Gasteiger partial charge on any atom is -0.260 e. The summed E-state index contributed by atoms with van der Waals surface area (Å²) in [5, 5.41) is 0. The van der Waals surface area contributed by atoms with Gasteiger partial charge in [-0.25, -0.2) is 0 Å². The van der Waals surface area contributed by atoms with Crippen molar-refractivity contribution in [3.63, 3.8) is 0 Å². The summed E-state index contributed by atoms with van der Waals surface area (Å²) in [7, 11) is 0. The molecule has 2 heteroatoms. The van der Waals surface area contributed by atoms with E-state index in [1.807, 2.05) is 0 Å². The van der Waals surface area contributed by atoms with Crippen molar-refractivity contribution in [2.75, 3.05) is 0 Å². The van der Waals surface area contributed by atoms with Crippen LogP contribution in [-0.2, 0) is 21.7 Å². The SMILES string of the molecule is CC(C)(C)c1ccc(C(C)(C)CCC(C)(C)c2ccc(C(C)(C)C)nc2)nc1. The van der Waals surface area contributed by atoms with Gasteiger partial charge in [0.1, 0.15) is 0 Å². The first-order valence-corrected chi connectivity index (χ1v) is 10.6. The van der Waals surface area contributed by atoms with Crippen LogP contribution in [0.5, 0.6) is 0 Å². The molecular weight excluding hydrogens is 340 g/mol. The molecule has 0 spiro atoms. The molecule has 0 saturated carbocycles. The number of rotatable bonds is 5. The van der Waals surface area contributed by atoms with Crippen LogP contribution >= 0.6 is 0 Å². The quantitative estimate of drug-likeness (QED) is 0.552. The molecule has 0 bridgehead atoms. The molecule has 28 heavy (non-hydrogen) atoms. The molecule has 2 nitrogen and oxygen atoms in total. The maximum absolute atomic E-state index is 4.82. The molecule has 0 aliphatic rings. The fourth-order valence-corrected chi connectivity index (χ4v) is 3.37. The van der Waals surface area contributed by atoms with E-state index in [-0.39, 0.29) is 21.7 Å². The van der Waals surface area contributed by atoms with Crippen molar-refractivity contribution in [3.8, 4) is 0 Å². The number of aromatic nitrogens is 2. The van der Waals surface area contributed by atoms with Crippen molar-refractivity contribution in [3.05, 3.63) is 59.2 Å². The van der Waals surface area contributed by atoms with Gasteiger partial charge < -0.3 is 0 Å². The molecule has 0 aliphatic heterocycles. The Morgan fingerprint density at radius 2 is 1.00 bits per heavy atom. The molecule has 0 fully saturated rings. The molecule has 0 unspecified atom stereocenters. The van der Waals surface area contributed by atoms with Crippen LogP contribution in [0.4, 0.5) is 0 Å². The normalized spacial score (nSPS) is 13.6. The van der Waals surface area contributed by atoms with Crippen molar-refractivity contribution in [1.29, 1.82) is 0 Å².